The smallest absolute Gasteiger partial charge is 0.321 e. The summed E-state index contributed by atoms with van der Waals surface area (Å²) in [5.41, 5.74) is -0.557. The number of likely N-dealkylation sites (N-methyl/N-ethyl adjacent to an activating group) is 1. The summed E-state index contributed by atoms with van der Waals surface area (Å²) in [7, 11) is -2.50. The Morgan fingerprint density at radius 1 is 1.50 bits per heavy atom. The molecule has 0 aromatic carbocycles. The van der Waals surface area contributed by atoms with Crippen LogP contribution in [-0.2, 0) is 19.7 Å². The maximum absolute atomic E-state index is 12.3. The van der Waals surface area contributed by atoms with Crippen LogP contribution in [0.15, 0.2) is 0 Å². The fourth-order valence-electron chi connectivity index (χ4n) is 1.71. The molecule has 0 radical (unpaired) electrons. The molecule has 18 heavy (non-hydrogen) atoms. The lowest BCUT2D eigenvalue weighted by atomic mass is 10.1. The van der Waals surface area contributed by atoms with E-state index in [-0.39, 0.29) is 13.1 Å². The highest BCUT2D eigenvalue weighted by Crippen LogP contribution is 2.21. The van der Waals surface area contributed by atoms with Gasteiger partial charge in [0.15, 0.2) is 0 Å². The van der Waals surface area contributed by atoms with Gasteiger partial charge in [0.25, 0.3) is 10.2 Å². The third-order valence-electron chi connectivity index (χ3n) is 2.98. The highest BCUT2D eigenvalue weighted by molar-refractivity contribution is 7.86. The van der Waals surface area contributed by atoms with Crippen LogP contribution in [0, 0.1) is 0 Å². The molecule has 1 aliphatic heterocycles. The van der Waals surface area contributed by atoms with Crippen LogP contribution in [0.2, 0.25) is 0 Å². The number of hydrogen-bond acceptors (Lipinski definition) is 4. The highest BCUT2D eigenvalue weighted by atomic mass is 32.2. The summed E-state index contributed by atoms with van der Waals surface area (Å²) in [6.45, 7) is 5.70. The number of aliphatic carboxylic acids is 1. The Bertz CT molecular complexity index is 420. The average molecular weight is 280 g/mol. The van der Waals surface area contributed by atoms with E-state index in [0.717, 1.165) is 4.31 Å². The monoisotopic (exact) mass is 280 g/mol. The van der Waals surface area contributed by atoms with Gasteiger partial charge >= 0.3 is 5.97 Å². The molecular formula is C10H20N2O5S. The van der Waals surface area contributed by atoms with Gasteiger partial charge in [-0.05, 0) is 20.8 Å². The fourth-order valence-corrected chi connectivity index (χ4v) is 3.34. The molecule has 1 saturated heterocycles. The van der Waals surface area contributed by atoms with Crippen molar-refractivity contribution in [2.75, 3.05) is 26.7 Å². The second-order valence-electron chi connectivity index (χ2n) is 4.98. The highest BCUT2D eigenvalue weighted by Gasteiger charge is 2.38. The number of ether oxygens (including phenoxy) is 1. The number of morpholine rings is 1. The van der Waals surface area contributed by atoms with E-state index < -0.39 is 27.8 Å². The van der Waals surface area contributed by atoms with E-state index in [2.05, 4.69) is 0 Å². The summed E-state index contributed by atoms with van der Waals surface area (Å²) >= 11 is 0. The first-order valence-electron chi connectivity index (χ1n) is 5.68. The predicted octanol–water partition coefficient (Wildman–Crippen LogP) is -0.253. The molecule has 0 bridgehead atoms. The molecule has 0 spiro atoms. The van der Waals surface area contributed by atoms with Crippen molar-refractivity contribution in [3.63, 3.8) is 0 Å². The number of carboxylic acid groups (broad SMARTS) is 1. The van der Waals surface area contributed by atoms with Crippen molar-refractivity contribution < 1.29 is 23.1 Å². The first-order chi connectivity index (χ1) is 8.08. The van der Waals surface area contributed by atoms with E-state index in [1.165, 1.54) is 18.3 Å². The number of nitrogens with zero attached hydrogens (tertiary/aromatic N) is 2. The summed E-state index contributed by atoms with van der Waals surface area (Å²) in [5.74, 6) is -1.17. The molecule has 1 atom stereocenters. The van der Waals surface area contributed by atoms with Gasteiger partial charge in [-0.25, -0.2) is 0 Å². The molecule has 8 heteroatoms. The second kappa shape index (κ2) is 5.12. The first kappa shape index (κ1) is 15.4. The maximum atomic E-state index is 12.3. The molecule has 7 nitrogen and oxygen atoms in total. The standard InChI is InChI=1S/C10H20N2O5S/c1-8(9(13)14)11(4)18(15,16)12-5-6-17-10(2,3)7-12/h8H,5-7H2,1-4H3,(H,13,14). The van der Waals surface area contributed by atoms with Crippen LogP contribution in [0.3, 0.4) is 0 Å². The lowest BCUT2D eigenvalue weighted by molar-refractivity contribution is -0.140. The fraction of sp³-hybridized carbons (Fsp3) is 0.900. The molecule has 1 unspecified atom stereocenters. The zero-order valence-corrected chi connectivity index (χ0v) is 11.9. The van der Waals surface area contributed by atoms with E-state index in [1.807, 2.05) is 0 Å². The number of rotatable bonds is 4. The summed E-state index contributed by atoms with van der Waals surface area (Å²) in [4.78, 5) is 10.8. The minimum atomic E-state index is -3.77. The van der Waals surface area contributed by atoms with E-state index in [9.17, 15) is 13.2 Å². The molecular weight excluding hydrogens is 260 g/mol. The van der Waals surface area contributed by atoms with E-state index in [0.29, 0.717) is 6.61 Å². The van der Waals surface area contributed by atoms with Crippen LogP contribution in [0.25, 0.3) is 0 Å². The van der Waals surface area contributed by atoms with Crippen molar-refractivity contribution in [1.29, 1.82) is 0 Å². The molecule has 1 rings (SSSR count). The Balaban J connectivity index is 2.89. The SMILES string of the molecule is CC(C(=O)O)N(C)S(=O)(=O)N1CCOC(C)(C)C1. The zero-order valence-electron chi connectivity index (χ0n) is 11.1. The summed E-state index contributed by atoms with van der Waals surface area (Å²) < 4.78 is 32.1. The van der Waals surface area contributed by atoms with Crippen molar-refractivity contribution in [2.24, 2.45) is 0 Å². The molecule has 0 aliphatic carbocycles. The van der Waals surface area contributed by atoms with Gasteiger partial charge in [-0.3, -0.25) is 4.79 Å². The van der Waals surface area contributed by atoms with E-state index in [4.69, 9.17) is 9.84 Å². The Hall–Kier alpha value is -0.700. The summed E-state index contributed by atoms with van der Waals surface area (Å²) in [6, 6.07) is -1.10. The lowest BCUT2D eigenvalue weighted by Crippen LogP contribution is -2.56. The van der Waals surface area contributed by atoms with Crippen LogP contribution in [0.1, 0.15) is 20.8 Å². The predicted molar refractivity (Wildman–Crippen MR) is 65.4 cm³/mol. The molecule has 1 fully saturated rings. The molecule has 1 heterocycles. The lowest BCUT2D eigenvalue weighted by Gasteiger charge is -2.39. The number of carboxylic acids is 1. The molecule has 1 aliphatic rings. The van der Waals surface area contributed by atoms with Gasteiger partial charge in [0.05, 0.1) is 12.2 Å². The number of hydrogen-bond donors (Lipinski definition) is 1. The van der Waals surface area contributed by atoms with E-state index >= 15 is 0 Å². The van der Waals surface area contributed by atoms with Gasteiger partial charge in [-0.2, -0.15) is 17.0 Å². The molecule has 1 N–H and O–H groups in total. The maximum Gasteiger partial charge on any atom is 0.321 e. The van der Waals surface area contributed by atoms with Gasteiger partial charge in [0.2, 0.25) is 0 Å². The third-order valence-corrected chi connectivity index (χ3v) is 4.99. The summed E-state index contributed by atoms with van der Waals surface area (Å²) in [5, 5.41) is 8.87. The van der Waals surface area contributed by atoms with Crippen LogP contribution >= 0.6 is 0 Å². The molecule has 106 valence electrons. The molecule has 0 saturated carbocycles. The Morgan fingerprint density at radius 2 is 2.06 bits per heavy atom. The minimum Gasteiger partial charge on any atom is -0.480 e. The van der Waals surface area contributed by atoms with Crippen LogP contribution in [0.4, 0.5) is 0 Å². The normalized spacial score (nSPS) is 22.9. The van der Waals surface area contributed by atoms with Gasteiger partial charge in [0.1, 0.15) is 6.04 Å². The minimum absolute atomic E-state index is 0.214. The summed E-state index contributed by atoms with van der Waals surface area (Å²) in [6.07, 6.45) is 0. The van der Waals surface area contributed by atoms with Crippen molar-refractivity contribution >= 4 is 16.2 Å². The average Bonchev–Trinajstić information content (AvgIpc) is 2.25. The largest absolute Gasteiger partial charge is 0.480 e. The van der Waals surface area contributed by atoms with Gasteiger partial charge in [0, 0.05) is 20.1 Å². The van der Waals surface area contributed by atoms with Crippen LogP contribution in [-0.4, -0.2) is 66.5 Å². The molecule has 0 aromatic rings. The first-order valence-corrected chi connectivity index (χ1v) is 7.07. The van der Waals surface area contributed by atoms with Crippen molar-refractivity contribution in [3.8, 4) is 0 Å². The third kappa shape index (κ3) is 3.19. The van der Waals surface area contributed by atoms with Crippen LogP contribution in [0.5, 0.6) is 0 Å². The Labute approximate surface area is 108 Å². The van der Waals surface area contributed by atoms with Gasteiger partial charge in [-0.1, -0.05) is 0 Å². The zero-order chi connectivity index (χ0) is 14.1. The van der Waals surface area contributed by atoms with E-state index in [1.54, 1.807) is 13.8 Å². The second-order valence-corrected chi connectivity index (χ2v) is 6.97. The topological polar surface area (TPSA) is 87.2 Å². The Kier molecular flexibility index (Phi) is 4.37. The molecule has 0 aromatic heterocycles. The van der Waals surface area contributed by atoms with Crippen molar-refractivity contribution in [1.82, 2.24) is 8.61 Å². The van der Waals surface area contributed by atoms with Gasteiger partial charge in [-0.15, -0.1) is 0 Å². The van der Waals surface area contributed by atoms with Crippen molar-refractivity contribution in [2.45, 2.75) is 32.4 Å². The quantitative estimate of drug-likeness (QED) is 0.767. The molecule has 0 amide bonds. The number of carbonyl (C=O) groups is 1. The Morgan fingerprint density at radius 3 is 2.50 bits per heavy atom. The van der Waals surface area contributed by atoms with Crippen LogP contribution < -0.4 is 0 Å². The van der Waals surface area contributed by atoms with Gasteiger partial charge < -0.3 is 9.84 Å². The van der Waals surface area contributed by atoms with Crippen molar-refractivity contribution in [3.05, 3.63) is 0 Å².